The molecule has 1 aliphatic carbocycles. The van der Waals surface area contributed by atoms with Crippen molar-refractivity contribution in [2.75, 3.05) is 7.11 Å². The Labute approximate surface area is 122 Å². The maximum Gasteiger partial charge on any atom is 0.184 e. The standard InChI is InChI=1S/C16H16O5/c1-21-16-8-10(3-7-14(16)19)2-6-13(18)12-5-4-11(17)9-15(12)20/h2-3,5-8,15,19-20H,4,9H2,1H3. The third-order valence-electron chi connectivity index (χ3n) is 3.25. The molecule has 1 aliphatic rings. The van der Waals surface area contributed by atoms with Crippen molar-refractivity contribution in [3.05, 3.63) is 41.5 Å². The van der Waals surface area contributed by atoms with Crippen molar-refractivity contribution in [2.24, 2.45) is 0 Å². The van der Waals surface area contributed by atoms with Crippen LogP contribution in [-0.4, -0.2) is 35.0 Å². The Morgan fingerprint density at radius 1 is 1.43 bits per heavy atom. The van der Waals surface area contributed by atoms with Crippen LogP contribution in [0, 0.1) is 0 Å². The molecule has 2 N–H and O–H groups in total. The largest absolute Gasteiger partial charge is 0.504 e. The van der Waals surface area contributed by atoms with Gasteiger partial charge in [0.2, 0.25) is 0 Å². The van der Waals surface area contributed by atoms with Gasteiger partial charge in [-0.2, -0.15) is 0 Å². The molecule has 0 amide bonds. The van der Waals surface area contributed by atoms with Gasteiger partial charge in [-0.25, -0.2) is 0 Å². The molecule has 0 heterocycles. The van der Waals surface area contributed by atoms with Crippen LogP contribution < -0.4 is 4.74 Å². The zero-order valence-corrected chi connectivity index (χ0v) is 11.6. The predicted molar refractivity (Wildman–Crippen MR) is 77.0 cm³/mol. The molecule has 1 aromatic rings. The van der Waals surface area contributed by atoms with E-state index in [2.05, 4.69) is 0 Å². The lowest BCUT2D eigenvalue weighted by atomic mass is 9.92. The molecule has 1 unspecified atom stereocenters. The first-order valence-electron chi connectivity index (χ1n) is 6.50. The molecule has 0 saturated heterocycles. The zero-order chi connectivity index (χ0) is 15.4. The Balaban J connectivity index is 2.14. The number of carbonyl (C=O) groups is 2. The van der Waals surface area contributed by atoms with Crippen LogP contribution in [0.4, 0.5) is 0 Å². The van der Waals surface area contributed by atoms with E-state index in [9.17, 15) is 19.8 Å². The Hall–Kier alpha value is -2.40. The number of carbonyl (C=O) groups excluding carboxylic acids is 2. The highest BCUT2D eigenvalue weighted by atomic mass is 16.5. The molecule has 1 atom stereocenters. The monoisotopic (exact) mass is 288 g/mol. The smallest absolute Gasteiger partial charge is 0.184 e. The number of aliphatic hydroxyl groups is 1. The minimum Gasteiger partial charge on any atom is -0.504 e. The van der Waals surface area contributed by atoms with Crippen LogP contribution in [0.3, 0.4) is 0 Å². The highest BCUT2D eigenvalue weighted by Crippen LogP contribution is 2.27. The number of allylic oxidation sites excluding steroid dienone is 2. The van der Waals surface area contributed by atoms with Gasteiger partial charge in [0.15, 0.2) is 17.3 Å². The SMILES string of the molecule is COc1cc(C=CC(=O)C2=CCC(=O)CC2O)ccc1O. The van der Waals surface area contributed by atoms with Crippen LogP contribution in [0.5, 0.6) is 11.5 Å². The number of aliphatic hydroxyl groups excluding tert-OH is 1. The Morgan fingerprint density at radius 3 is 2.86 bits per heavy atom. The van der Waals surface area contributed by atoms with Crippen molar-refractivity contribution in [3.63, 3.8) is 0 Å². The number of aromatic hydroxyl groups is 1. The summed E-state index contributed by atoms with van der Waals surface area (Å²) in [4.78, 5) is 23.2. The summed E-state index contributed by atoms with van der Waals surface area (Å²) in [5.74, 6) is -0.0784. The minimum atomic E-state index is -1.03. The second-order valence-corrected chi connectivity index (χ2v) is 4.75. The first-order valence-corrected chi connectivity index (χ1v) is 6.50. The second-order valence-electron chi connectivity index (χ2n) is 4.75. The minimum absolute atomic E-state index is 0.0154. The van der Waals surface area contributed by atoms with Crippen molar-refractivity contribution < 1.29 is 24.5 Å². The molecule has 0 aliphatic heterocycles. The Kier molecular flexibility index (Phi) is 4.55. The van der Waals surface area contributed by atoms with E-state index in [0.717, 1.165) is 0 Å². The van der Waals surface area contributed by atoms with Crippen LogP contribution in [0.1, 0.15) is 18.4 Å². The summed E-state index contributed by atoms with van der Waals surface area (Å²) in [5.41, 5.74) is 0.927. The Bertz CT molecular complexity index is 628. The summed E-state index contributed by atoms with van der Waals surface area (Å²) < 4.78 is 4.98. The molecule has 0 spiro atoms. The van der Waals surface area contributed by atoms with E-state index in [0.29, 0.717) is 11.3 Å². The predicted octanol–water partition coefficient (Wildman–Crippen LogP) is 1.63. The third kappa shape index (κ3) is 3.58. The summed E-state index contributed by atoms with van der Waals surface area (Å²) >= 11 is 0. The van der Waals surface area contributed by atoms with Gasteiger partial charge < -0.3 is 14.9 Å². The lowest BCUT2D eigenvalue weighted by molar-refractivity contribution is -0.120. The van der Waals surface area contributed by atoms with E-state index in [4.69, 9.17) is 4.74 Å². The fourth-order valence-corrected chi connectivity index (χ4v) is 2.10. The lowest BCUT2D eigenvalue weighted by Gasteiger charge is -2.16. The van der Waals surface area contributed by atoms with E-state index >= 15 is 0 Å². The summed E-state index contributed by atoms with van der Waals surface area (Å²) in [6, 6.07) is 4.70. The van der Waals surface area contributed by atoms with Crippen LogP contribution in [0.2, 0.25) is 0 Å². The van der Waals surface area contributed by atoms with Gasteiger partial charge in [0, 0.05) is 18.4 Å². The van der Waals surface area contributed by atoms with E-state index < -0.39 is 6.10 Å². The molecular formula is C16H16O5. The molecule has 0 fully saturated rings. The van der Waals surface area contributed by atoms with E-state index in [1.165, 1.54) is 25.3 Å². The summed E-state index contributed by atoms with van der Waals surface area (Å²) in [7, 11) is 1.44. The highest BCUT2D eigenvalue weighted by Gasteiger charge is 2.23. The van der Waals surface area contributed by atoms with Gasteiger partial charge in [-0.3, -0.25) is 9.59 Å². The van der Waals surface area contributed by atoms with Gasteiger partial charge in [0.05, 0.1) is 13.2 Å². The van der Waals surface area contributed by atoms with Crippen molar-refractivity contribution in [1.29, 1.82) is 0 Å². The van der Waals surface area contributed by atoms with Gasteiger partial charge in [0.1, 0.15) is 5.78 Å². The van der Waals surface area contributed by atoms with Gasteiger partial charge in [-0.1, -0.05) is 18.2 Å². The van der Waals surface area contributed by atoms with E-state index in [1.807, 2.05) is 0 Å². The van der Waals surface area contributed by atoms with E-state index in [1.54, 1.807) is 18.2 Å². The first-order chi connectivity index (χ1) is 10.0. The molecular weight excluding hydrogens is 272 g/mol. The fraction of sp³-hybridized carbons (Fsp3) is 0.250. The van der Waals surface area contributed by atoms with Crippen LogP contribution in [0.15, 0.2) is 35.9 Å². The number of hydrogen-bond acceptors (Lipinski definition) is 5. The molecule has 0 saturated carbocycles. The quantitative estimate of drug-likeness (QED) is 0.823. The number of benzene rings is 1. The number of ether oxygens (including phenoxy) is 1. The molecule has 0 bridgehead atoms. The van der Waals surface area contributed by atoms with Crippen molar-refractivity contribution in [3.8, 4) is 11.5 Å². The maximum absolute atomic E-state index is 12.0. The normalized spacial score (nSPS) is 18.7. The number of phenolic OH excluding ortho intramolecular Hbond substituents is 1. The van der Waals surface area contributed by atoms with Gasteiger partial charge in [-0.15, -0.1) is 0 Å². The second kappa shape index (κ2) is 6.37. The maximum atomic E-state index is 12.0. The van der Waals surface area contributed by atoms with Crippen molar-refractivity contribution in [2.45, 2.75) is 18.9 Å². The highest BCUT2D eigenvalue weighted by molar-refractivity contribution is 6.08. The average molecular weight is 288 g/mol. The number of hydrogen-bond donors (Lipinski definition) is 2. The number of Topliss-reactive ketones (excluding diaryl/α,β-unsaturated/α-hetero) is 1. The zero-order valence-electron chi connectivity index (χ0n) is 11.6. The van der Waals surface area contributed by atoms with Gasteiger partial charge >= 0.3 is 0 Å². The van der Waals surface area contributed by atoms with Crippen LogP contribution >= 0.6 is 0 Å². The molecule has 21 heavy (non-hydrogen) atoms. The molecule has 5 nitrogen and oxygen atoms in total. The first kappa shape index (κ1) is 15.0. The van der Waals surface area contributed by atoms with Gasteiger partial charge in [-0.05, 0) is 23.8 Å². The number of ketones is 2. The molecule has 0 radical (unpaired) electrons. The molecule has 1 aromatic carbocycles. The van der Waals surface area contributed by atoms with Gasteiger partial charge in [0.25, 0.3) is 0 Å². The van der Waals surface area contributed by atoms with Crippen LogP contribution in [0.25, 0.3) is 6.08 Å². The number of methoxy groups -OCH3 is 1. The van der Waals surface area contributed by atoms with Crippen molar-refractivity contribution in [1.82, 2.24) is 0 Å². The molecule has 110 valence electrons. The lowest BCUT2D eigenvalue weighted by Crippen LogP contribution is -2.24. The summed E-state index contributed by atoms with van der Waals surface area (Å²) in [6.45, 7) is 0. The molecule has 2 rings (SSSR count). The summed E-state index contributed by atoms with van der Waals surface area (Å²) in [5, 5.41) is 19.2. The fourth-order valence-electron chi connectivity index (χ4n) is 2.10. The molecule has 0 aromatic heterocycles. The summed E-state index contributed by atoms with van der Waals surface area (Å²) in [6.07, 6.45) is 3.50. The Morgan fingerprint density at radius 2 is 2.19 bits per heavy atom. The van der Waals surface area contributed by atoms with Crippen molar-refractivity contribution >= 4 is 17.6 Å². The third-order valence-corrected chi connectivity index (χ3v) is 3.25. The number of rotatable bonds is 4. The van der Waals surface area contributed by atoms with E-state index in [-0.39, 0.29) is 35.7 Å². The number of phenols is 1. The van der Waals surface area contributed by atoms with Crippen LogP contribution in [-0.2, 0) is 9.59 Å². The average Bonchev–Trinajstić information content (AvgIpc) is 2.46. The topological polar surface area (TPSA) is 83.8 Å². The molecule has 5 heteroatoms.